The molecule has 0 saturated carbocycles. The second kappa shape index (κ2) is 3.03. The Morgan fingerprint density at radius 3 is 2.82 bits per heavy atom. The van der Waals surface area contributed by atoms with Gasteiger partial charge >= 0.3 is 0 Å². The van der Waals surface area contributed by atoms with Crippen LogP contribution >= 0.6 is 0 Å². The van der Waals surface area contributed by atoms with E-state index < -0.39 is 5.91 Å². The van der Waals surface area contributed by atoms with Gasteiger partial charge in [-0.15, -0.1) is 5.75 Å². The van der Waals surface area contributed by atoms with E-state index in [2.05, 4.69) is 0 Å². The van der Waals surface area contributed by atoms with Crippen molar-refractivity contribution in [2.45, 2.75) is 0 Å². The van der Waals surface area contributed by atoms with Crippen LogP contribution in [0.5, 0.6) is 5.75 Å². The molecule has 0 spiro atoms. The maximum atomic E-state index is 10.7. The van der Waals surface area contributed by atoms with E-state index in [0.29, 0.717) is 0 Å². The van der Waals surface area contributed by atoms with Crippen molar-refractivity contribution in [3.05, 3.63) is 29.8 Å². The quantitative estimate of drug-likeness (QED) is 0.435. The van der Waals surface area contributed by atoms with Gasteiger partial charge in [-0.05, 0) is 6.07 Å². The fourth-order valence-electron chi connectivity index (χ4n) is 0.702. The van der Waals surface area contributed by atoms with Gasteiger partial charge in [0.2, 0.25) is 0 Å². The van der Waals surface area contributed by atoms with Crippen LogP contribution in [0.15, 0.2) is 24.3 Å². The van der Waals surface area contributed by atoms with Crippen LogP contribution in [-0.2, 0) is 0 Å². The van der Waals surface area contributed by atoms with Crippen LogP contribution in [0.4, 0.5) is 0 Å². The van der Waals surface area contributed by atoms with Gasteiger partial charge in [-0.3, -0.25) is 10.0 Å². The van der Waals surface area contributed by atoms with Crippen LogP contribution in [-0.4, -0.2) is 11.1 Å². The molecule has 4 nitrogen and oxygen atoms in total. The van der Waals surface area contributed by atoms with Crippen LogP contribution in [0.1, 0.15) is 10.4 Å². The third-order valence-electron chi connectivity index (χ3n) is 1.20. The second-order valence-electron chi connectivity index (χ2n) is 1.97. The first-order chi connectivity index (χ1) is 5.24. The molecule has 1 rings (SSSR count). The molecular formula is C7H6NO3-. The average molecular weight is 152 g/mol. The van der Waals surface area contributed by atoms with Gasteiger partial charge in [-0.25, -0.2) is 5.48 Å². The molecule has 0 radical (unpaired) electrons. The summed E-state index contributed by atoms with van der Waals surface area (Å²) in [6, 6.07) is 5.36. The van der Waals surface area contributed by atoms with E-state index in [0.717, 1.165) is 6.07 Å². The first-order valence-electron chi connectivity index (χ1n) is 2.95. The van der Waals surface area contributed by atoms with E-state index in [1.807, 2.05) is 0 Å². The van der Waals surface area contributed by atoms with Crippen molar-refractivity contribution in [2.75, 3.05) is 0 Å². The highest BCUT2D eigenvalue weighted by Crippen LogP contribution is 2.06. The molecule has 0 aliphatic heterocycles. The molecule has 1 aromatic rings. The van der Waals surface area contributed by atoms with E-state index in [-0.39, 0.29) is 11.3 Å². The highest BCUT2D eigenvalue weighted by Gasteiger charge is 2.00. The summed E-state index contributed by atoms with van der Waals surface area (Å²) in [6.45, 7) is 0. The Morgan fingerprint density at radius 1 is 1.55 bits per heavy atom. The number of hydrogen-bond acceptors (Lipinski definition) is 3. The van der Waals surface area contributed by atoms with Gasteiger partial charge < -0.3 is 5.11 Å². The third kappa shape index (κ3) is 1.68. The van der Waals surface area contributed by atoms with Crippen LogP contribution in [0.3, 0.4) is 0 Å². The highest BCUT2D eigenvalue weighted by atomic mass is 16.5. The molecule has 0 heterocycles. The Kier molecular flexibility index (Phi) is 2.08. The lowest BCUT2D eigenvalue weighted by molar-refractivity contribution is -0.268. The van der Waals surface area contributed by atoms with Gasteiger partial charge in [0.05, 0.1) is 0 Å². The molecule has 0 unspecified atom stereocenters. The summed E-state index contributed by atoms with van der Waals surface area (Å²) < 4.78 is 0. The Balaban J connectivity index is 2.96. The number of rotatable bonds is 1. The Bertz CT molecular complexity index is 272. The molecule has 0 aromatic heterocycles. The van der Waals surface area contributed by atoms with Crippen LogP contribution in [0, 0.1) is 0 Å². The largest absolute Gasteiger partial charge is 0.872 e. The van der Waals surface area contributed by atoms with E-state index in [4.69, 9.17) is 5.21 Å². The standard InChI is InChI=1S/C7H7NO3/c9-6-3-1-2-5(4-6)7(10)8-11/h1-4,9,11H,(H,8,10)/p-1. The summed E-state index contributed by atoms with van der Waals surface area (Å²) in [5, 5.41) is 18.8. The van der Waals surface area contributed by atoms with Crippen molar-refractivity contribution >= 4 is 5.91 Å². The van der Waals surface area contributed by atoms with Crippen LogP contribution in [0.2, 0.25) is 0 Å². The van der Waals surface area contributed by atoms with Crippen molar-refractivity contribution < 1.29 is 15.1 Å². The molecule has 0 saturated heterocycles. The van der Waals surface area contributed by atoms with Crippen molar-refractivity contribution in [1.29, 1.82) is 0 Å². The fourth-order valence-corrected chi connectivity index (χ4v) is 0.702. The first kappa shape index (κ1) is 7.56. The highest BCUT2D eigenvalue weighted by molar-refractivity contribution is 5.93. The predicted molar refractivity (Wildman–Crippen MR) is 35.1 cm³/mol. The Labute approximate surface area is 63.1 Å². The van der Waals surface area contributed by atoms with Crippen molar-refractivity contribution in [3.63, 3.8) is 0 Å². The summed E-state index contributed by atoms with van der Waals surface area (Å²) in [5.41, 5.74) is 1.58. The fraction of sp³-hybridized carbons (Fsp3) is 0. The normalized spacial score (nSPS) is 9.18. The number of benzene rings is 1. The van der Waals surface area contributed by atoms with Gasteiger partial charge in [0.1, 0.15) is 0 Å². The number of hydrogen-bond donors (Lipinski definition) is 2. The maximum absolute atomic E-state index is 10.7. The molecule has 2 N–H and O–H groups in total. The monoisotopic (exact) mass is 152 g/mol. The molecule has 0 fully saturated rings. The second-order valence-corrected chi connectivity index (χ2v) is 1.97. The zero-order chi connectivity index (χ0) is 8.27. The zero-order valence-electron chi connectivity index (χ0n) is 5.57. The summed E-state index contributed by atoms with van der Waals surface area (Å²) in [7, 11) is 0. The van der Waals surface area contributed by atoms with Crippen LogP contribution < -0.4 is 10.6 Å². The smallest absolute Gasteiger partial charge is 0.274 e. The first-order valence-corrected chi connectivity index (χ1v) is 2.95. The number of carbonyl (C=O) groups is 1. The number of hydroxylamine groups is 1. The molecule has 1 amide bonds. The average Bonchev–Trinajstić information content (AvgIpc) is 2.03. The molecule has 0 bridgehead atoms. The zero-order valence-corrected chi connectivity index (χ0v) is 5.57. The lowest BCUT2D eigenvalue weighted by Crippen LogP contribution is -2.18. The SMILES string of the molecule is O=C(NO)c1cccc([O-])c1. The Morgan fingerprint density at radius 2 is 2.27 bits per heavy atom. The minimum atomic E-state index is -0.678. The molecule has 0 aliphatic rings. The van der Waals surface area contributed by atoms with Gasteiger partial charge in [0.15, 0.2) is 0 Å². The van der Waals surface area contributed by atoms with E-state index in [9.17, 15) is 9.90 Å². The Hall–Kier alpha value is -1.55. The van der Waals surface area contributed by atoms with E-state index >= 15 is 0 Å². The van der Waals surface area contributed by atoms with Gasteiger partial charge in [0.25, 0.3) is 5.91 Å². The van der Waals surface area contributed by atoms with Gasteiger partial charge in [-0.2, -0.15) is 0 Å². The minimum absolute atomic E-state index is 0.153. The molecule has 1 aromatic carbocycles. The third-order valence-corrected chi connectivity index (χ3v) is 1.20. The molecule has 0 aliphatic carbocycles. The lowest BCUT2D eigenvalue weighted by atomic mass is 10.2. The minimum Gasteiger partial charge on any atom is -0.872 e. The summed E-state index contributed by atoms with van der Waals surface area (Å²) in [6.07, 6.45) is 0. The van der Waals surface area contributed by atoms with Crippen molar-refractivity contribution in [1.82, 2.24) is 5.48 Å². The van der Waals surface area contributed by atoms with Crippen molar-refractivity contribution in [3.8, 4) is 5.75 Å². The number of amides is 1. The van der Waals surface area contributed by atoms with Gasteiger partial charge in [-0.1, -0.05) is 18.2 Å². The molecule has 4 heteroatoms. The summed E-state index contributed by atoms with van der Waals surface area (Å²) >= 11 is 0. The van der Waals surface area contributed by atoms with E-state index in [1.54, 1.807) is 0 Å². The van der Waals surface area contributed by atoms with Gasteiger partial charge in [0, 0.05) is 5.56 Å². The van der Waals surface area contributed by atoms with E-state index in [1.165, 1.54) is 23.7 Å². The number of carbonyl (C=O) groups excluding carboxylic acids is 1. The molecular weight excluding hydrogens is 146 g/mol. The molecule has 58 valence electrons. The predicted octanol–water partition coefficient (Wildman–Crippen LogP) is -0.121. The lowest BCUT2D eigenvalue weighted by Gasteiger charge is -2.05. The molecule has 11 heavy (non-hydrogen) atoms. The topological polar surface area (TPSA) is 72.4 Å². The molecule has 0 atom stereocenters. The van der Waals surface area contributed by atoms with Crippen LogP contribution in [0.25, 0.3) is 0 Å². The summed E-state index contributed by atoms with van der Waals surface area (Å²) in [4.78, 5) is 10.7. The number of nitrogens with one attached hydrogen (secondary N) is 1. The summed E-state index contributed by atoms with van der Waals surface area (Å²) in [5.74, 6) is -0.936. The van der Waals surface area contributed by atoms with Crippen molar-refractivity contribution in [2.24, 2.45) is 0 Å². The maximum Gasteiger partial charge on any atom is 0.274 e.